The van der Waals surface area contributed by atoms with Crippen molar-refractivity contribution in [1.29, 1.82) is 0 Å². The summed E-state index contributed by atoms with van der Waals surface area (Å²) in [5.74, 6) is 0.177. The molecule has 19 heavy (non-hydrogen) atoms. The van der Waals surface area contributed by atoms with Crippen LogP contribution in [0.25, 0.3) is 0 Å². The summed E-state index contributed by atoms with van der Waals surface area (Å²) in [6.45, 7) is 4.11. The average molecular weight is 388 g/mol. The quantitative estimate of drug-likeness (QED) is 0.786. The van der Waals surface area contributed by atoms with Gasteiger partial charge in [-0.1, -0.05) is 13.8 Å². The number of amides is 1. The minimum absolute atomic E-state index is 0.107. The molecule has 0 unspecified atom stereocenters. The minimum atomic E-state index is -0.267. The van der Waals surface area contributed by atoms with Gasteiger partial charge in [-0.15, -0.1) is 11.3 Å². The maximum absolute atomic E-state index is 12.0. The topological polar surface area (TPSA) is 62.2 Å². The molecule has 0 aliphatic carbocycles. The highest BCUT2D eigenvalue weighted by atomic mass is 127. The number of thiazole rings is 1. The molecular formula is C13H13IN2O2S. The Morgan fingerprint density at radius 2 is 2.21 bits per heavy atom. The first-order chi connectivity index (χ1) is 8.97. The Bertz CT molecular complexity index is 610. The van der Waals surface area contributed by atoms with E-state index in [-0.39, 0.29) is 11.7 Å². The van der Waals surface area contributed by atoms with Crippen LogP contribution < -0.4 is 5.32 Å². The van der Waals surface area contributed by atoms with E-state index in [1.807, 2.05) is 28.0 Å². The molecule has 0 bridgehead atoms. The lowest BCUT2D eigenvalue weighted by atomic mass is 10.2. The highest BCUT2D eigenvalue weighted by molar-refractivity contribution is 14.1. The highest BCUT2D eigenvalue weighted by Crippen LogP contribution is 2.24. The number of hydrogen-bond acceptors (Lipinski definition) is 4. The Labute approximate surface area is 129 Å². The van der Waals surface area contributed by atoms with Crippen LogP contribution in [0, 0.1) is 3.57 Å². The number of phenols is 1. The molecule has 1 aromatic heterocycles. The fourth-order valence-electron chi connectivity index (χ4n) is 1.43. The zero-order valence-electron chi connectivity index (χ0n) is 10.5. The summed E-state index contributed by atoms with van der Waals surface area (Å²) in [4.78, 5) is 16.3. The molecule has 1 heterocycles. The Kier molecular flexibility index (Phi) is 4.41. The monoisotopic (exact) mass is 388 g/mol. The molecule has 0 aliphatic rings. The molecule has 0 atom stereocenters. The van der Waals surface area contributed by atoms with Crippen LogP contribution >= 0.6 is 33.9 Å². The summed E-state index contributed by atoms with van der Waals surface area (Å²) in [5, 5.41) is 14.8. The fourth-order valence-corrected chi connectivity index (χ4v) is 2.63. The summed E-state index contributed by atoms with van der Waals surface area (Å²) in [7, 11) is 0. The van der Waals surface area contributed by atoms with Crippen LogP contribution in [0.5, 0.6) is 5.75 Å². The zero-order chi connectivity index (χ0) is 14.0. The molecule has 0 aliphatic heterocycles. The number of aromatic nitrogens is 1. The summed E-state index contributed by atoms with van der Waals surface area (Å²) < 4.78 is 0.713. The first-order valence-electron chi connectivity index (χ1n) is 5.72. The van der Waals surface area contributed by atoms with Crippen molar-refractivity contribution in [2.75, 3.05) is 5.32 Å². The van der Waals surface area contributed by atoms with Gasteiger partial charge < -0.3 is 5.11 Å². The van der Waals surface area contributed by atoms with Crippen molar-refractivity contribution in [3.8, 4) is 5.75 Å². The molecule has 2 aromatic rings. The number of nitrogens with one attached hydrogen (secondary N) is 1. The smallest absolute Gasteiger partial charge is 0.257 e. The lowest BCUT2D eigenvalue weighted by Gasteiger charge is -2.03. The second kappa shape index (κ2) is 5.87. The van der Waals surface area contributed by atoms with Crippen molar-refractivity contribution in [3.63, 3.8) is 0 Å². The molecule has 1 amide bonds. The molecule has 0 saturated heterocycles. The van der Waals surface area contributed by atoms with E-state index in [2.05, 4.69) is 24.1 Å². The van der Waals surface area contributed by atoms with Crippen LogP contribution in [0.2, 0.25) is 0 Å². The largest absolute Gasteiger partial charge is 0.507 e. The molecule has 4 nitrogen and oxygen atoms in total. The summed E-state index contributed by atoms with van der Waals surface area (Å²) in [6.07, 6.45) is 0. The Balaban J connectivity index is 2.13. The number of aromatic hydroxyl groups is 1. The predicted molar refractivity (Wildman–Crippen MR) is 85.0 cm³/mol. The van der Waals surface area contributed by atoms with Gasteiger partial charge in [-0.05, 0) is 46.7 Å². The van der Waals surface area contributed by atoms with Gasteiger partial charge in [0.25, 0.3) is 5.91 Å². The van der Waals surface area contributed by atoms with Gasteiger partial charge >= 0.3 is 0 Å². The molecule has 1 aromatic carbocycles. The van der Waals surface area contributed by atoms with Gasteiger partial charge in [-0.3, -0.25) is 10.1 Å². The number of anilines is 1. The van der Waals surface area contributed by atoms with Crippen molar-refractivity contribution < 1.29 is 9.90 Å². The zero-order valence-corrected chi connectivity index (χ0v) is 13.4. The van der Waals surface area contributed by atoms with Crippen LogP contribution in [0.1, 0.15) is 35.8 Å². The lowest BCUT2D eigenvalue weighted by Crippen LogP contribution is -2.11. The first kappa shape index (κ1) is 14.3. The fraction of sp³-hybridized carbons (Fsp3) is 0.231. The van der Waals surface area contributed by atoms with Gasteiger partial charge in [-0.25, -0.2) is 4.98 Å². The van der Waals surface area contributed by atoms with Gasteiger partial charge in [-0.2, -0.15) is 0 Å². The normalized spacial score (nSPS) is 10.7. The summed E-state index contributed by atoms with van der Waals surface area (Å²) in [6, 6.07) is 4.83. The summed E-state index contributed by atoms with van der Waals surface area (Å²) in [5.41, 5.74) is 1.38. The van der Waals surface area contributed by atoms with Crippen LogP contribution in [0.3, 0.4) is 0 Å². The maximum atomic E-state index is 12.0. The maximum Gasteiger partial charge on any atom is 0.257 e. The van der Waals surface area contributed by atoms with E-state index in [9.17, 15) is 9.90 Å². The third kappa shape index (κ3) is 3.44. The molecule has 0 spiro atoms. The number of benzene rings is 1. The van der Waals surface area contributed by atoms with Gasteiger partial charge in [0.1, 0.15) is 5.75 Å². The number of carbonyl (C=O) groups is 1. The van der Waals surface area contributed by atoms with Crippen LogP contribution in [0.15, 0.2) is 23.6 Å². The van der Waals surface area contributed by atoms with E-state index >= 15 is 0 Å². The molecule has 2 N–H and O–H groups in total. The van der Waals surface area contributed by atoms with E-state index in [0.29, 0.717) is 20.2 Å². The van der Waals surface area contributed by atoms with Crippen molar-refractivity contribution in [2.45, 2.75) is 19.8 Å². The van der Waals surface area contributed by atoms with E-state index in [0.717, 1.165) is 5.69 Å². The van der Waals surface area contributed by atoms with Crippen LogP contribution in [-0.2, 0) is 0 Å². The van der Waals surface area contributed by atoms with Crippen molar-refractivity contribution in [2.24, 2.45) is 0 Å². The number of halogens is 1. The van der Waals surface area contributed by atoms with E-state index in [1.54, 1.807) is 12.1 Å². The number of carbonyl (C=O) groups excluding carboxylic acids is 1. The van der Waals surface area contributed by atoms with E-state index in [4.69, 9.17) is 0 Å². The molecule has 0 saturated carbocycles. The van der Waals surface area contributed by atoms with Gasteiger partial charge in [0, 0.05) is 10.9 Å². The van der Waals surface area contributed by atoms with Gasteiger partial charge in [0.15, 0.2) is 5.13 Å². The van der Waals surface area contributed by atoms with E-state index < -0.39 is 0 Å². The third-order valence-corrected chi connectivity index (χ3v) is 4.23. The van der Waals surface area contributed by atoms with Crippen molar-refractivity contribution in [1.82, 2.24) is 4.98 Å². The minimum Gasteiger partial charge on any atom is -0.507 e. The van der Waals surface area contributed by atoms with Crippen molar-refractivity contribution >= 4 is 45.0 Å². The standard InChI is InChI=1S/C13H13IN2O2S/c1-7(2)10-6-19-13(15-10)16-12(18)8-3-4-9(14)11(17)5-8/h3-7,17H,1-2H3,(H,15,16,18). The lowest BCUT2D eigenvalue weighted by molar-refractivity contribution is 0.102. The SMILES string of the molecule is CC(C)c1csc(NC(=O)c2ccc(I)c(O)c2)n1. The Morgan fingerprint density at radius 1 is 1.47 bits per heavy atom. The first-order valence-corrected chi connectivity index (χ1v) is 7.68. The highest BCUT2D eigenvalue weighted by Gasteiger charge is 2.11. The number of nitrogens with zero attached hydrogens (tertiary/aromatic N) is 1. The Hall–Kier alpha value is -1.15. The average Bonchev–Trinajstić information content (AvgIpc) is 2.81. The molecule has 100 valence electrons. The third-order valence-electron chi connectivity index (χ3n) is 2.54. The number of phenolic OH excluding ortho intramolecular Hbond substituents is 1. The molecule has 6 heteroatoms. The summed E-state index contributed by atoms with van der Waals surface area (Å²) >= 11 is 3.41. The molecular weight excluding hydrogens is 375 g/mol. The Morgan fingerprint density at radius 3 is 2.79 bits per heavy atom. The molecule has 2 rings (SSSR count). The second-order valence-corrected chi connectivity index (χ2v) is 6.37. The van der Waals surface area contributed by atoms with Gasteiger partial charge in [0.2, 0.25) is 0 Å². The second-order valence-electron chi connectivity index (χ2n) is 4.35. The number of rotatable bonds is 3. The van der Waals surface area contributed by atoms with Crippen LogP contribution in [0.4, 0.5) is 5.13 Å². The van der Waals surface area contributed by atoms with Crippen LogP contribution in [-0.4, -0.2) is 16.0 Å². The molecule has 0 fully saturated rings. The van der Waals surface area contributed by atoms with Crippen molar-refractivity contribution in [3.05, 3.63) is 38.4 Å². The van der Waals surface area contributed by atoms with E-state index in [1.165, 1.54) is 17.4 Å². The van der Waals surface area contributed by atoms with Gasteiger partial charge in [0.05, 0.1) is 9.26 Å². The number of hydrogen-bond donors (Lipinski definition) is 2. The molecule has 0 radical (unpaired) electrons. The predicted octanol–water partition coefficient (Wildman–Crippen LogP) is 3.83.